The van der Waals surface area contributed by atoms with E-state index >= 15 is 0 Å². The summed E-state index contributed by atoms with van der Waals surface area (Å²) in [5.41, 5.74) is 6.26. The van der Waals surface area contributed by atoms with Crippen LogP contribution >= 0.6 is 0 Å². The SMILES string of the molecule is Cc1cccc(OCCCC(=O)N2CCCOc3c(-c4cnn(Cc5cccc(NC(=O)NCCC(=O)O)c5)c4)cccc32)c1C. The molecule has 0 saturated carbocycles. The van der Waals surface area contributed by atoms with Crippen LogP contribution in [0.5, 0.6) is 11.5 Å². The van der Waals surface area contributed by atoms with Crippen molar-refractivity contribution in [2.45, 2.75) is 46.1 Å². The second-order valence-corrected chi connectivity index (χ2v) is 11.2. The van der Waals surface area contributed by atoms with Crippen LogP contribution in [0.1, 0.15) is 42.4 Å². The number of urea groups is 1. The Bertz CT molecular complexity index is 1700. The Morgan fingerprint density at radius 3 is 2.72 bits per heavy atom. The predicted molar refractivity (Wildman–Crippen MR) is 176 cm³/mol. The smallest absolute Gasteiger partial charge is 0.319 e. The van der Waals surface area contributed by atoms with E-state index in [9.17, 15) is 14.4 Å². The molecule has 1 aliphatic heterocycles. The Morgan fingerprint density at radius 2 is 1.87 bits per heavy atom. The second kappa shape index (κ2) is 15.1. The standard InChI is InChI=1S/C35H39N5O6/c1-24-8-3-13-31(25(24)2)45-18-6-14-32(41)40-17-7-19-46-34-29(11-5-12-30(34)40)27-21-37-39(23-27)22-26-9-4-10-28(20-26)38-35(44)36-16-15-33(42)43/h3-5,8-13,20-21,23H,6-7,14-19,22H2,1-2H3,(H,42,43)(H2,36,38,44). The van der Waals surface area contributed by atoms with Gasteiger partial charge in [0, 0.05) is 42.5 Å². The summed E-state index contributed by atoms with van der Waals surface area (Å²) in [6.45, 7) is 6.14. The molecule has 3 amide bonds. The van der Waals surface area contributed by atoms with Crippen LogP contribution in [0.2, 0.25) is 0 Å². The van der Waals surface area contributed by atoms with Crippen molar-refractivity contribution in [2.75, 3.05) is 36.5 Å². The van der Waals surface area contributed by atoms with Crippen molar-refractivity contribution in [1.29, 1.82) is 0 Å². The van der Waals surface area contributed by atoms with Crippen molar-refractivity contribution in [2.24, 2.45) is 0 Å². The largest absolute Gasteiger partial charge is 0.493 e. The fraction of sp³-hybridized carbons (Fsp3) is 0.314. The Kier molecular flexibility index (Phi) is 10.5. The van der Waals surface area contributed by atoms with Gasteiger partial charge in [-0.3, -0.25) is 14.3 Å². The number of aromatic nitrogens is 2. The number of hydrogen-bond acceptors (Lipinski definition) is 6. The Labute approximate surface area is 268 Å². The number of aryl methyl sites for hydroxylation is 1. The van der Waals surface area contributed by atoms with E-state index in [1.54, 1.807) is 16.9 Å². The third-order valence-corrected chi connectivity index (χ3v) is 7.80. The molecule has 11 heteroatoms. The maximum atomic E-state index is 13.4. The Balaban J connectivity index is 1.23. The van der Waals surface area contributed by atoms with Gasteiger partial charge in [0.05, 0.1) is 38.1 Å². The van der Waals surface area contributed by atoms with Crippen LogP contribution in [0, 0.1) is 13.8 Å². The van der Waals surface area contributed by atoms with Gasteiger partial charge in [-0.2, -0.15) is 5.10 Å². The van der Waals surface area contributed by atoms with E-state index in [2.05, 4.69) is 28.7 Å². The summed E-state index contributed by atoms with van der Waals surface area (Å²) in [5.74, 6) is 0.580. The molecule has 46 heavy (non-hydrogen) atoms. The summed E-state index contributed by atoms with van der Waals surface area (Å²) in [6.07, 6.45) is 5.25. The quantitative estimate of drug-likeness (QED) is 0.170. The van der Waals surface area contributed by atoms with Crippen LogP contribution in [0.3, 0.4) is 0 Å². The fourth-order valence-corrected chi connectivity index (χ4v) is 5.30. The number of carbonyl (C=O) groups is 3. The molecular weight excluding hydrogens is 586 g/mol. The van der Waals surface area contributed by atoms with Crippen molar-refractivity contribution < 1.29 is 29.0 Å². The van der Waals surface area contributed by atoms with Crippen LogP contribution in [0.15, 0.2) is 73.1 Å². The average Bonchev–Trinajstić information content (AvgIpc) is 3.37. The Hall–Kier alpha value is -5.32. The molecule has 3 aromatic carbocycles. The van der Waals surface area contributed by atoms with E-state index in [0.717, 1.165) is 40.1 Å². The zero-order valence-corrected chi connectivity index (χ0v) is 26.1. The molecule has 11 nitrogen and oxygen atoms in total. The minimum atomic E-state index is -0.976. The maximum absolute atomic E-state index is 13.4. The summed E-state index contributed by atoms with van der Waals surface area (Å²) in [7, 11) is 0. The molecule has 0 atom stereocenters. The number of benzene rings is 3. The number of nitrogens with zero attached hydrogens (tertiary/aromatic N) is 3. The average molecular weight is 626 g/mol. The number of carboxylic acid groups (broad SMARTS) is 1. The van der Waals surface area contributed by atoms with E-state index < -0.39 is 12.0 Å². The number of nitrogens with one attached hydrogen (secondary N) is 2. The zero-order valence-electron chi connectivity index (χ0n) is 26.1. The Morgan fingerprint density at radius 1 is 1.04 bits per heavy atom. The van der Waals surface area contributed by atoms with Crippen LogP contribution in [-0.2, 0) is 16.1 Å². The van der Waals surface area contributed by atoms with E-state index in [1.807, 2.05) is 66.6 Å². The van der Waals surface area contributed by atoms with Crippen LogP contribution < -0.4 is 25.0 Å². The summed E-state index contributed by atoms with van der Waals surface area (Å²) in [5, 5.41) is 18.6. The summed E-state index contributed by atoms with van der Waals surface area (Å²) >= 11 is 0. The maximum Gasteiger partial charge on any atom is 0.319 e. The molecule has 0 fully saturated rings. The molecule has 0 radical (unpaired) electrons. The molecule has 240 valence electrons. The molecule has 0 saturated heterocycles. The van der Waals surface area contributed by atoms with Crippen LogP contribution in [0.25, 0.3) is 11.1 Å². The molecule has 0 unspecified atom stereocenters. The molecule has 5 rings (SSSR count). The highest BCUT2D eigenvalue weighted by atomic mass is 16.5. The van der Waals surface area contributed by atoms with Gasteiger partial charge >= 0.3 is 12.0 Å². The third-order valence-electron chi connectivity index (χ3n) is 7.80. The fourth-order valence-electron chi connectivity index (χ4n) is 5.30. The van der Waals surface area contributed by atoms with Gasteiger partial charge in [0.1, 0.15) is 5.75 Å². The lowest BCUT2D eigenvalue weighted by molar-refractivity contribution is -0.136. The number of aliphatic carboxylic acids is 1. The molecule has 1 aromatic heterocycles. The molecule has 0 bridgehead atoms. The van der Waals surface area contributed by atoms with E-state index in [-0.39, 0.29) is 18.9 Å². The minimum absolute atomic E-state index is 0.0354. The van der Waals surface area contributed by atoms with Gasteiger partial charge in [-0.05, 0) is 67.6 Å². The number of anilines is 2. The molecule has 2 heterocycles. The van der Waals surface area contributed by atoms with Crippen LogP contribution in [-0.4, -0.2) is 59.1 Å². The van der Waals surface area contributed by atoms with Gasteiger partial charge in [-0.15, -0.1) is 0 Å². The zero-order chi connectivity index (χ0) is 32.5. The highest BCUT2D eigenvalue weighted by molar-refractivity contribution is 5.97. The van der Waals surface area contributed by atoms with Crippen molar-refractivity contribution in [3.63, 3.8) is 0 Å². The topological polar surface area (TPSA) is 135 Å². The first-order valence-corrected chi connectivity index (χ1v) is 15.4. The molecule has 0 aliphatic carbocycles. The van der Waals surface area contributed by atoms with Crippen molar-refractivity contribution in [3.8, 4) is 22.6 Å². The van der Waals surface area contributed by atoms with Gasteiger partial charge in [0.15, 0.2) is 5.75 Å². The van der Waals surface area contributed by atoms with Crippen molar-refractivity contribution in [1.82, 2.24) is 15.1 Å². The number of carboxylic acids is 1. The molecule has 3 N–H and O–H groups in total. The molecule has 0 spiro atoms. The highest BCUT2D eigenvalue weighted by Gasteiger charge is 2.25. The number of para-hydroxylation sites is 1. The number of rotatable bonds is 12. The number of fused-ring (bicyclic) bond motifs is 1. The third kappa shape index (κ3) is 8.23. The minimum Gasteiger partial charge on any atom is -0.493 e. The van der Waals surface area contributed by atoms with Gasteiger partial charge < -0.3 is 30.1 Å². The highest BCUT2D eigenvalue weighted by Crippen LogP contribution is 2.40. The number of ether oxygens (including phenoxy) is 2. The van der Waals surface area contributed by atoms with E-state index in [4.69, 9.17) is 14.6 Å². The van der Waals surface area contributed by atoms with E-state index in [0.29, 0.717) is 50.6 Å². The van der Waals surface area contributed by atoms with Gasteiger partial charge in [-0.25, -0.2) is 4.79 Å². The summed E-state index contributed by atoms with van der Waals surface area (Å²) in [6, 6.07) is 18.7. The molecular formula is C35H39N5O6. The lowest BCUT2D eigenvalue weighted by atomic mass is 10.1. The predicted octanol–water partition coefficient (Wildman–Crippen LogP) is 5.79. The van der Waals surface area contributed by atoms with Gasteiger partial charge in [0.2, 0.25) is 5.91 Å². The first-order valence-electron chi connectivity index (χ1n) is 15.4. The lowest BCUT2D eigenvalue weighted by Crippen LogP contribution is -2.31. The van der Waals surface area contributed by atoms with Gasteiger partial charge in [-0.1, -0.05) is 36.4 Å². The first-order chi connectivity index (χ1) is 22.3. The monoisotopic (exact) mass is 625 g/mol. The van der Waals surface area contributed by atoms with Crippen LogP contribution in [0.4, 0.5) is 16.2 Å². The number of hydrogen-bond donors (Lipinski definition) is 3. The number of carbonyl (C=O) groups excluding carboxylic acids is 2. The normalized spacial score (nSPS) is 12.4. The first kappa shape index (κ1) is 32.1. The van der Waals surface area contributed by atoms with Gasteiger partial charge in [0.25, 0.3) is 0 Å². The van der Waals surface area contributed by atoms with E-state index in [1.165, 1.54) is 5.56 Å². The number of amides is 3. The second-order valence-electron chi connectivity index (χ2n) is 11.2. The summed E-state index contributed by atoms with van der Waals surface area (Å²) < 4.78 is 14.0. The summed E-state index contributed by atoms with van der Waals surface area (Å²) in [4.78, 5) is 38.0. The van der Waals surface area contributed by atoms with Crippen molar-refractivity contribution in [3.05, 3.63) is 89.7 Å². The molecule has 1 aliphatic rings. The van der Waals surface area contributed by atoms with Crippen molar-refractivity contribution >= 4 is 29.3 Å². The lowest BCUT2D eigenvalue weighted by Gasteiger charge is -2.23. The molecule has 4 aromatic rings.